The van der Waals surface area contributed by atoms with Gasteiger partial charge in [0.15, 0.2) is 0 Å². The third kappa shape index (κ3) is 4.47. The first kappa shape index (κ1) is 17.8. The second-order valence-electron chi connectivity index (χ2n) is 5.57. The van der Waals surface area contributed by atoms with Gasteiger partial charge in [-0.2, -0.15) is 0 Å². The average Bonchev–Trinajstić information content (AvgIpc) is 3.08. The van der Waals surface area contributed by atoms with Crippen LogP contribution in [0.2, 0.25) is 5.02 Å². The van der Waals surface area contributed by atoms with Gasteiger partial charge in [0.05, 0.1) is 5.92 Å². The van der Waals surface area contributed by atoms with Crippen LogP contribution >= 0.6 is 24.0 Å². The Morgan fingerprint density at radius 1 is 1.17 bits per heavy atom. The minimum atomic E-state index is 0. The van der Waals surface area contributed by atoms with E-state index in [1.807, 2.05) is 36.4 Å². The third-order valence-corrected chi connectivity index (χ3v) is 4.31. The van der Waals surface area contributed by atoms with E-state index in [0.717, 1.165) is 41.2 Å². The zero-order chi connectivity index (χ0) is 15.4. The number of carbonyl (C=O) groups is 1. The van der Waals surface area contributed by atoms with Crippen molar-refractivity contribution >= 4 is 29.9 Å². The summed E-state index contributed by atoms with van der Waals surface area (Å²) in [7, 11) is 0. The summed E-state index contributed by atoms with van der Waals surface area (Å²) >= 11 is 5.95. The van der Waals surface area contributed by atoms with E-state index in [1.54, 1.807) is 0 Å². The fraction of sp³-hybridized carbons (Fsp3) is 0.278. The van der Waals surface area contributed by atoms with Crippen LogP contribution in [-0.2, 0) is 11.3 Å². The number of rotatable bonds is 4. The second kappa shape index (κ2) is 8.34. The molecule has 3 rings (SSSR count). The maximum Gasteiger partial charge on any atom is 0.224 e. The molecule has 0 aliphatic carbocycles. The van der Waals surface area contributed by atoms with Gasteiger partial charge in [0.25, 0.3) is 0 Å². The first-order chi connectivity index (χ1) is 10.7. The van der Waals surface area contributed by atoms with Gasteiger partial charge in [0, 0.05) is 18.1 Å². The Morgan fingerprint density at radius 2 is 1.91 bits per heavy atom. The number of amides is 1. The Bertz CT molecular complexity index is 652. The van der Waals surface area contributed by atoms with Crippen molar-refractivity contribution < 1.29 is 4.79 Å². The lowest BCUT2D eigenvalue weighted by Gasteiger charge is -2.13. The quantitative estimate of drug-likeness (QED) is 0.883. The summed E-state index contributed by atoms with van der Waals surface area (Å²) in [5.74, 6) is 0.235. The highest BCUT2D eigenvalue weighted by Crippen LogP contribution is 2.25. The van der Waals surface area contributed by atoms with Gasteiger partial charge in [0.1, 0.15) is 0 Å². The number of hydrogen-bond donors (Lipinski definition) is 2. The van der Waals surface area contributed by atoms with Crippen molar-refractivity contribution in [1.29, 1.82) is 0 Å². The molecule has 3 nitrogen and oxygen atoms in total. The molecule has 1 unspecified atom stereocenters. The molecule has 0 bridgehead atoms. The maximum atomic E-state index is 12.1. The van der Waals surface area contributed by atoms with Crippen molar-refractivity contribution in [3.05, 3.63) is 59.1 Å². The molecule has 1 atom stereocenters. The molecule has 1 heterocycles. The molecule has 2 aromatic rings. The van der Waals surface area contributed by atoms with Crippen molar-refractivity contribution in [1.82, 2.24) is 10.6 Å². The van der Waals surface area contributed by atoms with Crippen LogP contribution in [0.3, 0.4) is 0 Å². The Morgan fingerprint density at radius 3 is 2.61 bits per heavy atom. The zero-order valence-electron chi connectivity index (χ0n) is 12.7. The molecule has 1 aliphatic heterocycles. The van der Waals surface area contributed by atoms with Crippen molar-refractivity contribution in [3.8, 4) is 11.1 Å². The first-order valence-electron chi connectivity index (χ1n) is 7.56. The fourth-order valence-electron chi connectivity index (χ4n) is 2.79. The molecule has 0 aromatic heterocycles. The number of benzene rings is 2. The molecule has 122 valence electrons. The summed E-state index contributed by atoms with van der Waals surface area (Å²) in [5, 5.41) is 7.00. The molecule has 1 fully saturated rings. The van der Waals surface area contributed by atoms with E-state index in [4.69, 9.17) is 11.6 Å². The second-order valence-corrected chi connectivity index (χ2v) is 6.01. The SMILES string of the molecule is Cl.O=C(NCc1ccccc1-c1ccc(Cl)cc1)C1CCNC1. The topological polar surface area (TPSA) is 41.1 Å². The van der Waals surface area contributed by atoms with E-state index in [0.29, 0.717) is 6.54 Å². The maximum absolute atomic E-state index is 12.1. The van der Waals surface area contributed by atoms with Gasteiger partial charge in [-0.25, -0.2) is 0 Å². The Labute approximate surface area is 147 Å². The monoisotopic (exact) mass is 350 g/mol. The van der Waals surface area contributed by atoms with Crippen molar-refractivity contribution in [2.24, 2.45) is 5.92 Å². The Hall–Kier alpha value is -1.55. The molecule has 1 saturated heterocycles. The van der Waals surface area contributed by atoms with Gasteiger partial charge in [-0.15, -0.1) is 12.4 Å². The summed E-state index contributed by atoms with van der Waals surface area (Å²) in [6, 6.07) is 15.9. The molecular weight excluding hydrogens is 331 g/mol. The lowest BCUT2D eigenvalue weighted by molar-refractivity contribution is -0.124. The minimum absolute atomic E-state index is 0. The zero-order valence-corrected chi connectivity index (χ0v) is 14.3. The highest BCUT2D eigenvalue weighted by Gasteiger charge is 2.22. The van der Waals surface area contributed by atoms with Crippen LogP contribution in [0.5, 0.6) is 0 Å². The predicted octanol–water partition coefficient (Wildman–Crippen LogP) is 3.65. The van der Waals surface area contributed by atoms with Crippen molar-refractivity contribution in [2.75, 3.05) is 13.1 Å². The van der Waals surface area contributed by atoms with Crippen LogP contribution in [0.1, 0.15) is 12.0 Å². The largest absolute Gasteiger partial charge is 0.352 e. The lowest BCUT2D eigenvalue weighted by Crippen LogP contribution is -2.31. The van der Waals surface area contributed by atoms with Gasteiger partial charge in [-0.1, -0.05) is 48.0 Å². The highest BCUT2D eigenvalue weighted by molar-refractivity contribution is 6.30. The summed E-state index contributed by atoms with van der Waals surface area (Å²) in [4.78, 5) is 12.1. The number of nitrogens with one attached hydrogen (secondary N) is 2. The van der Waals surface area contributed by atoms with Gasteiger partial charge >= 0.3 is 0 Å². The molecular formula is C18H20Cl2N2O. The smallest absolute Gasteiger partial charge is 0.224 e. The van der Waals surface area contributed by atoms with Crippen LogP contribution in [0.15, 0.2) is 48.5 Å². The molecule has 0 saturated carbocycles. The summed E-state index contributed by atoms with van der Waals surface area (Å²) in [6.45, 7) is 2.26. The van der Waals surface area contributed by atoms with E-state index >= 15 is 0 Å². The van der Waals surface area contributed by atoms with Crippen molar-refractivity contribution in [2.45, 2.75) is 13.0 Å². The van der Waals surface area contributed by atoms with Gasteiger partial charge < -0.3 is 10.6 Å². The van der Waals surface area contributed by atoms with E-state index in [-0.39, 0.29) is 24.2 Å². The van der Waals surface area contributed by atoms with Crippen LogP contribution in [0, 0.1) is 5.92 Å². The van der Waals surface area contributed by atoms with Crippen LogP contribution in [0.4, 0.5) is 0 Å². The fourth-order valence-corrected chi connectivity index (χ4v) is 2.92. The van der Waals surface area contributed by atoms with Gasteiger partial charge in [-0.3, -0.25) is 4.79 Å². The normalized spacial score (nSPS) is 16.7. The molecule has 2 N–H and O–H groups in total. The molecule has 23 heavy (non-hydrogen) atoms. The van der Waals surface area contributed by atoms with E-state index in [9.17, 15) is 4.79 Å². The number of carbonyl (C=O) groups excluding carboxylic acids is 1. The van der Waals surface area contributed by atoms with Gasteiger partial charge in [0.2, 0.25) is 5.91 Å². The molecule has 0 spiro atoms. The molecule has 1 amide bonds. The van der Waals surface area contributed by atoms with Crippen LogP contribution < -0.4 is 10.6 Å². The third-order valence-electron chi connectivity index (χ3n) is 4.06. The van der Waals surface area contributed by atoms with Crippen molar-refractivity contribution in [3.63, 3.8) is 0 Å². The summed E-state index contributed by atoms with van der Waals surface area (Å²) in [5.41, 5.74) is 3.35. The molecule has 5 heteroatoms. The molecule has 2 aromatic carbocycles. The highest BCUT2D eigenvalue weighted by atomic mass is 35.5. The summed E-state index contributed by atoms with van der Waals surface area (Å²) < 4.78 is 0. The van der Waals surface area contributed by atoms with Crippen LogP contribution in [-0.4, -0.2) is 19.0 Å². The average molecular weight is 351 g/mol. The number of halogens is 2. The lowest BCUT2D eigenvalue weighted by atomic mass is 9.99. The number of hydrogen-bond acceptors (Lipinski definition) is 2. The predicted molar refractivity (Wildman–Crippen MR) is 97.0 cm³/mol. The summed E-state index contributed by atoms with van der Waals surface area (Å²) in [6.07, 6.45) is 0.921. The minimum Gasteiger partial charge on any atom is -0.352 e. The van der Waals surface area contributed by atoms with E-state index < -0.39 is 0 Å². The Kier molecular flexibility index (Phi) is 6.46. The van der Waals surface area contributed by atoms with Crippen LogP contribution in [0.25, 0.3) is 11.1 Å². The standard InChI is InChI=1S/C18H19ClN2O.ClH/c19-16-7-5-13(6-8-16)17-4-2-1-3-14(17)12-21-18(22)15-9-10-20-11-15;/h1-8,15,20H,9-12H2,(H,21,22);1H. The molecule has 1 aliphatic rings. The molecule has 0 radical (unpaired) electrons. The van der Waals surface area contributed by atoms with E-state index in [2.05, 4.69) is 22.8 Å². The Balaban J connectivity index is 0.00000192. The van der Waals surface area contributed by atoms with E-state index in [1.165, 1.54) is 0 Å². The van der Waals surface area contributed by atoms with Gasteiger partial charge in [-0.05, 0) is 41.8 Å². The first-order valence-corrected chi connectivity index (χ1v) is 7.94.